The van der Waals surface area contributed by atoms with Crippen molar-refractivity contribution in [2.45, 2.75) is 6.04 Å². The third-order valence-corrected chi connectivity index (χ3v) is 2.96. The first-order chi connectivity index (χ1) is 8.11. The number of nitrogens with zero attached hydrogens (tertiary/aromatic N) is 1. The Morgan fingerprint density at radius 1 is 1.59 bits per heavy atom. The highest BCUT2D eigenvalue weighted by molar-refractivity contribution is 6.30. The van der Waals surface area contributed by atoms with E-state index in [1.807, 2.05) is 0 Å². The van der Waals surface area contributed by atoms with Gasteiger partial charge in [-0.2, -0.15) is 0 Å². The molecule has 0 bridgehead atoms. The summed E-state index contributed by atoms with van der Waals surface area (Å²) in [7, 11) is 0. The molecule has 1 aromatic carbocycles. The van der Waals surface area contributed by atoms with Crippen molar-refractivity contribution >= 4 is 17.6 Å². The second-order valence-corrected chi connectivity index (χ2v) is 4.34. The Labute approximate surface area is 104 Å². The molecule has 1 saturated heterocycles. The molecule has 0 aliphatic carbocycles. The van der Waals surface area contributed by atoms with Crippen LogP contribution in [-0.4, -0.2) is 30.6 Å². The zero-order chi connectivity index (χ0) is 12.4. The number of rotatable bonds is 3. The molecule has 17 heavy (non-hydrogen) atoms. The zero-order valence-corrected chi connectivity index (χ0v) is 9.88. The summed E-state index contributed by atoms with van der Waals surface area (Å²) in [6.07, 6.45) is 0. The summed E-state index contributed by atoms with van der Waals surface area (Å²) >= 11 is 5.82. The Balaban J connectivity index is 2.19. The lowest BCUT2D eigenvalue weighted by molar-refractivity contribution is 0.218. The Morgan fingerprint density at radius 2 is 2.35 bits per heavy atom. The lowest BCUT2D eigenvalue weighted by atomic mass is 10.1. The Hall–Kier alpha value is -1.33. The van der Waals surface area contributed by atoms with Crippen LogP contribution >= 0.6 is 11.6 Å². The van der Waals surface area contributed by atoms with Crippen LogP contribution in [0.25, 0.3) is 0 Å². The number of benzene rings is 1. The quantitative estimate of drug-likeness (QED) is 0.862. The van der Waals surface area contributed by atoms with E-state index in [0.717, 1.165) is 0 Å². The molecule has 2 rings (SSSR count). The molecule has 1 fully saturated rings. The van der Waals surface area contributed by atoms with E-state index in [1.54, 1.807) is 4.90 Å². The number of carbonyl (C=O) groups excluding carboxylic acids is 1. The molecule has 2 amide bonds. The van der Waals surface area contributed by atoms with Crippen molar-refractivity contribution in [3.05, 3.63) is 34.6 Å². The summed E-state index contributed by atoms with van der Waals surface area (Å²) < 4.78 is 13.6. The van der Waals surface area contributed by atoms with Crippen molar-refractivity contribution < 1.29 is 9.18 Å². The normalized spacial score (nSPS) is 19.6. The molecule has 0 spiro atoms. The topological polar surface area (TPSA) is 58.4 Å². The molecule has 1 aromatic rings. The van der Waals surface area contributed by atoms with Gasteiger partial charge < -0.3 is 16.0 Å². The number of carbonyl (C=O) groups is 1. The number of halogens is 2. The monoisotopic (exact) mass is 257 g/mol. The standard InChI is InChI=1S/C11H13ClFN3O/c12-7-1-2-9(13)8(5-7)10-6-16(4-3-14)11(17)15-10/h1-2,5,10H,3-4,6,14H2,(H,15,17). The predicted octanol–water partition coefficient (Wildman–Crippen LogP) is 1.50. The van der Waals surface area contributed by atoms with Gasteiger partial charge in [-0.1, -0.05) is 11.6 Å². The van der Waals surface area contributed by atoms with Crippen LogP contribution in [0.1, 0.15) is 11.6 Å². The molecule has 1 aliphatic rings. The molecule has 4 nitrogen and oxygen atoms in total. The summed E-state index contributed by atoms with van der Waals surface area (Å²) in [6, 6.07) is 3.73. The average Bonchev–Trinajstić information content (AvgIpc) is 2.64. The SMILES string of the molecule is NCCN1CC(c2cc(Cl)ccc2F)NC1=O. The van der Waals surface area contributed by atoms with E-state index < -0.39 is 0 Å². The van der Waals surface area contributed by atoms with Crippen LogP contribution in [0.5, 0.6) is 0 Å². The van der Waals surface area contributed by atoms with E-state index in [4.69, 9.17) is 17.3 Å². The summed E-state index contributed by atoms with van der Waals surface area (Å²) in [4.78, 5) is 13.1. The largest absolute Gasteiger partial charge is 0.329 e. The molecule has 0 aromatic heterocycles. The van der Waals surface area contributed by atoms with Crippen LogP contribution in [0, 0.1) is 5.82 Å². The minimum atomic E-state index is -0.368. The number of hydrogen-bond donors (Lipinski definition) is 2. The summed E-state index contributed by atoms with van der Waals surface area (Å²) in [6.45, 7) is 1.26. The molecule has 1 heterocycles. The molecular weight excluding hydrogens is 245 g/mol. The molecule has 6 heteroatoms. The third kappa shape index (κ3) is 2.50. The maximum absolute atomic E-state index is 13.6. The smallest absolute Gasteiger partial charge is 0.318 e. The fourth-order valence-electron chi connectivity index (χ4n) is 1.90. The van der Waals surface area contributed by atoms with E-state index in [1.165, 1.54) is 18.2 Å². The van der Waals surface area contributed by atoms with E-state index in [0.29, 0.717) is 30.2 Å². The first kappa shape index (κ1) is 12.1. The van der Waals surface area contributed by atoms with E-state index in [-0.39, 0.29) is 17.9 Å². The van der Waals surface area contributed by atoms with Gasteiger partial charge >= 0.3 is 6.03 Å². The van der Waals surface area contributed by atoms with Crippen LogP contribution in [-0.2, 0) is 0 Å². The predicted molar refractivity (Wildman–Crippen MR) is 63.3 cm³/mol. The van der Waals surface area contributed by atoms with Crippen LogP contribution < -0.4 is 11.1 Å². The number of amides is 2. The molecule has 1 atom stereocenters. The van der Waals surface area contributed by atoms with Gasteiger partial charge in [-0.15, -0.1) is 0 Å². The lowest BCUT2D eigenvalue weighted by Crippen LogP contribution is -2.32. The molecule has 0 radical (unpaired) electrons. The van der Waals surface area contributed by atoms with Crippen molar-refractivity contribution in [2.75, 3.05) is 19.6 Å². The summed E-state index contributed by atoms with van der Waals surface area (Å²) in [5.41, 5.74) is 5.80. The van der Waals surface area contributed by atoms with Crippen molar-refractivity contribution in [2.24, 2.45) is 5.73 Å². The van der Waals surface area contributed by atoms with Crippen molar-refractivity contribution in [1.82, 2.24) is 10.2 Å². The summed E-state index contributed by atoms with van der Waals surface area (Å²) in [5, 5.41) is 3.16. The molecule has 1 unspecified atom stereocenters. The number of urea groups is 1. The fraction of sp³-hybridized carbons (Fsp3) is 0.364. The van der Waals surface area contributed by atoms with Gasteiger partial charge in [-0.25, -0.2) is 9.18 Å². The van der Waals surface area contributed by atoms with Gasteiger partial charge in [0.2, 0.25) is 0 Å². The molecular formula is C11H13ClFN3O. The number of nitrogens with two attached hydrogens (primary N) is 1. The minimum absolute atomic E-state index is 0.222. The van der Waals surface area contributed by atoms with Crippen molar-refractivity contribution in [3.63, 3.8) is 0 Å². The highest BCUT2D eigenvalue weighted by Gasteiger charge is 2.30. The number of nitrogens with one attached hydrogen (secondary N) is 1. The van der Waals surface area contributed by atoms with Gasteiger partial charge in [-0.05, 0) is 18.2 Å². The Bertz CT molecular complexity index is 441. The van der Waals surface area contributed by atoms with Crippen LogP contribution in [0.4, 0.5) is 9.18 Å². The van der Waals surface area contributed by atoms with E-state index in [2.05, 4.69) is 5.32 Å². The minimum Gasteiger partial charge on any atom is -0.329 e. The van der Waals surface area contributed by atoms with Crippen LogP contribution in [0.3, 0.4) is 0 Å². The van der Waals surface area contributed by atoms with Crippen molar-refractivity contribution in [1.29, 1.82) is 0 Å². The fourth-order valence-corrected chi connectivity index (χ4v) is 2.08. The first-order valence-electron chi connectivity index (χ1n) is 5.32. The van der Waals surface area contributed by atoms with Crippen LogP contribution in [0.2, 0.25) is 5.02 Å². The van der Waals surface area contributed by atoms with E-state index >= 15 is 0 Å². The molecule has 3 N–H and O–H groups in total. The van der Waals surface area contributed by atoms with Gasteiger partial charge in [0, 0.05) is 30.2 Å². The second-order valence-electron chi connectivity index (χ2n) is 3.90. The third-order valence-electron chi connectivity index (χ3n) is 2.72. The zero-order valence-electron chi connectivity index (χ0n) is 9.12. The Kier molecular flexibility index (Phi) is 3.49. The number of hydrogen-bond acceptors (Lipinski definition) is 2. The highest BCUT2D eigenvalue weighted by atomic mass is 35.5. The Morgan fingerprint density at radius 3 is 3.06 bits per heavy atom. The second kappa shape index (κ2) is 4.89. The molecule has 92 valence electrons. The molecule has 0 saturated carbocycles. The maximum atomic E-state index is 13.6. The van der Waals surface area contributed by atoms with Gasteiger partial charge in [0.05, 0.1) is 6.04 Å². The highest BCUT2D eigenvalue weighted by Crippen LogP contribution is 2.25. The summed E-state index contributed by atoms with van der Waals surface area (Å²) in [5.74, 6) is -0.366. The van der Waals surface area contributed by atoms with Gasteiger partial charge in [0.15, 0.2) is 0 Å². The maximum Gasteiger partial charge on any atom is 0.318 e. The average molecular weight is 258 g/mol. The van der Waals surface area contributed by atoms with Crippen molar-refractivity contribution in [3.8, 4) is 0 Å². The van der Waals surface area contributed by atoms with Gasteiger partial charge in [0.25, 0.3) is 0 Å². The van der Waals surface area contributed by atoms with Gasteiger partial charge in [0.1, 0.15) is 5.82 Å². The molecule has 1 aliphatic heterocycles. The van der Waals surface area contributed by atoms with Gasteiger partial charge in [-0.3, -0.25) is 0 Å². The lowest BCUT2D eigenvalue weighted by Gasteiger charge is -2.13. The van der Waals surface area contributed by atoms with Crippen LogP contribution in [0.15, 0.2) is 18.2 Å². The first-order valence-corrected chi connectivity index (χ1v) is 5.70. The van der Waals surface area contributed by atoms with E-state index in [9.17, 15) is 9.18 Å².